The zero-order valence-electron chi connectivity index (χ0n) is 13.0. The third kappa shape index (κ3) is 4.19. The Morgan fingerprint density at radius 2 is 1.86 bits per heavy atom. The molecule has 0 aliphatic heterocycles. The van der Waals surface area contributed by atoms with E-state index in [9.17, 15) is 9.18 Å². The second kappa shape index (κ2) is 6.04. The Morgan fingerprint density at radius 1 is 1.24 bits per heavy atom. The van der Waals surface area contributed by atoms with Gasteiger partial charge in [-0.25, -0.2) is 4.39 Å². The van der Waals surface area contributed by atoms with Gasteiger partial charge in [0, 0.05) is 0 Å². The van der Waals surface area contributed by atoms with Gasteiger partial charge in [-0.2, -0.15) is 0 Å². The van der Waals surface area contributed by atoms with E-state index in [1.807, 2.05) is 26.8 Å². The van der Waals surface area contributed by atoms with Gasteiger partial charge < -0.3 is 10.5 Å². The molecule has 116 valence electrons. The SMILES string of the molecule is CC(C)(C)OC(=O)[C@H]1CC[C@@H](c2ccc(N)c(F)c2)CC1. The van der Waals surface area contributed by atoms with Crippen molar-refractivity contribution >= 4 is 11.7 Å². The molecule has 0 bridgehead atoms. The Bertz CT molecular complexity index is 514. The summed E-state index contributed by atoms with van der Waals surface area (Å²) in [7, 11) is 0. The van der Waals surface area contributed by atoms with E-state index in [1.54, 1.807) is 6.07 Å². The minimum absolute atomic E-state index is 0.0286. The van der Waals surface area contributed by atoms with E-state index in [-0.39, 0.29) is 23.4 Å². The van der Waals surface area contributed by atoms with Crippen LogP contribution in [0.4, 0.5) is 10.1 Å². The summed E-state index contributed by atoms with van der Waals surface area (Å²) in [4.78, 5) is 12.1. The maximum absolute atomic E-state index is 13.5. The van der Waals surface area contributed by atoms with Gasteiger partial charge in [0.25, 0.3) is 0 Å². The predicted molar refractivity (Wildman–Crippen MR) is 81.4 cm³/mol. The monoisotopic (exact) mass is 293 g/mol. The molecular formula is C17H24FNO2. The number of benzene rings is 1. The topological polar surface area (TPSA) is 52.3 Å². The molecule has 4 heteroatoms. The predicted octanol–water partition coefficient (Wildman–Crippen LogP) is 4.02. The van der Waals surface area contributed by atoms with E-state index < -0.39 is 5.60 Å². The molecule has 2 rings (SSSR count). The number of carbonyl (C=O) groups excluding carboxylic acids is 1. The Labute approximate surface area is 125 Å². The first-order valence-electron chi connectivity index (χ1n) is 7.54. The summed E-state index contributed by atoms with van der Waals surface area (Å²) < 4.78 is 19.0. The van der Waals surface area contributed by atoms with Gasteiger partial charge in [0.2, 0.25) is 0 Å². The Balaban J connectivity index is 1.94. The minimum Gasteiger partial charge on any atom is -0.460 e. The zero-order chi connectivity index (χ0) is 15.6. The highest BCUT2D eigenvalue weighted by Gasteiger charge is 2.30. The molecule has 0 aromatic heterocycles. The summed E-state index contributed by atoms with van der Waals surface area (Å²) in [6.45, 7) is 5.65. The normalized spacial score (nSPS) is 22.9. The molecule has 1 fully saturated rings. The van der Waals surface area contributed by atoms with Crippen LogP contribution in [0.2, 0.25) is 0 Å². The lowest BCUT2D eigenvalue weighted by molar-refractivity contribution is -0.161. The molecule has 1 aliphatic rings. The van der Waals surface area contributed by atoms with Crippen LogP contribution in [0.15, 0.2) is 18.2 Å². The van der Waals surface area contributed by atoms with E-state index in [1.165, 1.54) is 6.07 Å². The average molecular weight is 293 g/mol. The van der Waals surface area contributed by atoms with Gasteiger partial charge in [0.15, 0.2) is 0 Å². The molecule has 0 saturated heterocycles. The molecule has 0 atom stereocenters. The maximum atomic E-state index is 13.5. The highest BCUT2D eigenvalue weighted by molar-refractivity contribution is 5.73. The highest BCUT2D eigenvalue weighted by Crippen LogP contribution is 2.37. The number of halogens is 1. The number of nitrogens with two attached hydrogens (primary N) is 1. The smallest absolute Gasteiger partial charge is 0.309 e. The number of nitrogen functional groups attached to an aromatic ring is 1. The molecule has 0 radical (unpaired) electrons. The highest BCUT2D eigenvalue weighted by atomic mass is 19.1. The molecule has 3 nitrogen and oxygen atoms in total. The lowest BCUT2D eigenvalue weighted by atomic mass is 9.78. The van der Waals surface area contributed by atoms with Crippen LogP contribution in [-0.2, 0) is 9.53 Å². The number of hydrogen-bond donors (Lipinski definition) is 1. The first-order valence-corrected chi connectivity index (χ1v) is 7.54. The number of esters is 1. The number of carbonyl (C=O) groups is 1. The van der Waals surface area contributed by atoms with Crippen LogP contribution in [0.1, 0.15) is 57.9 Å². The summed E-state index contributed by atoms with van der Waals surface area (Å²) in [6, 6.07) is 5.02. The van der Waals surface area contributed by atoms with Crippen molar-refractivity contribution in [1.29, 1.82) is 0 Å². The summed E-state index contributed by atoms with van der Waals surface area (Å²) in [5, 5.41) is 0. The lowest BCUT2D eigenvalue weighted by Gasteiger charge is -2.30. The molecular weight excluding hydrogens is 269 g/mol. The number of rotatable bonds is 2. The summed E-state index contributed by atoms with van der Waals surface area (Å²) in [5.41, 5.74) is 6.22. The largest absolute Gasteiger partial charge is 0.460 e. The van der Waals surface area contributed by atoms with Crippen molar-refractivity contribution in [3.63, 3.8) is 0 Å². The fourth-order valence-electron chi connectivity index (χ4n) is 2.84. The molecule has 0 amide bonds. The minimum atomic E-state index is -0.436. The van der Waals surface area contributed by atoms with Crippen molar-refractivity contribution in [2.75, 3.05) is 5.73 Å². The zero-order valence-corrected chi connectivity index (χ0v) is 13.0. The van der Waals surface area contributed by atoms with Gasteiger partial charge in [-0.15, -0.1) is 0 Å². The second-order valence-corrected chi connectivity index (χ2v) is 6.86. The Morgan fingerprint density at radius 3 is 2.38 bits per heavy atom. The Hall–Kier alpha value is -1.58. The fraction of sp³-hybridized carbons (Fsp3) is 0.588. The van der Waals surface area contributed by atoms with Crippen LogP contribution < -0.4 is 5.73 Å². The standard InChI is InChI=1S/C17H24FNO2/c1-17(2,3)21-16(20)12-6-4-11(5-7-12)13-8-9-15(19)14(18)10-13/h8-12H,4-7,19H2,1-3H3/t11-,12+. The van der Waals surface area contributed by atoms with Crippen LogP contribution in [0.3, 0.4) is 0 Å². The van der Waals surface area contributed by atoms with Gasteiger partial charge in [0.1, 0.15) is 11.4 Å². The molecule has 21 heavy (non-hydrogen) atoms. The van der Waals surface area contributed by atoms with Crippen molar-refractivity contribution in [3.05, 3.63) is 29.6 Å². The number of hydrogen-bond acceptors (Lipinski definition) is 3. The Kier molecular flexibility index (Phi) is 4.55. The first-order chi connectivity index (χ1) is 9.76. The maximum Gasteiger partial charge on any atom is 0.309 e. The summed E-state index contributed by atoms with van der Waals surface area (Å²) in [6.07, 6.45) is 3.36. The third-order valence-corrected chi connectivity index (χ3v) is 3.96. The van der Waals surface area contributed by atoms with Crippen LogP contribution in [0.25, 0.3) is 0 Å². The number of ether oxygens (including phenoxy) is 1. The molecule has 1 aliphatic carbocycles. The second-order valence-electron chi connectivity index (χ2n) is 6.86. The molecule has 0 heterocycles. The first kappa shape index (κ1) is 15.8. The molecule has 0 unspecified atom stereocenters. The third-order valence-electron chi connectivity index (χ3n) is 3.96. The van der Waals surface area contributed by atoms with E-state index in [0.717, 1.165) is 31.2 Å². The number of anilines is 1. The summed E-state index contributed by atoms with van der Waals surface area (Å²) in [5.74, 6) is -0.191. The molecule has 1 aromatic carbocycles. The van der Waals surface area contributed by atoms with Crippen molar-refractivity contribution in [3.8, 4) is 0 Å². The van der Waals surface area contributed by atoms with Crippen LogP contribution in [-0.4, -0.2) is 11.6 Å². The van der Waals surface area contributed by atoms with E-state index in [4.69, 9.17) is 10.5 Å². The van der Waals surface area contributed by atoms with Gasteiger partial charge in [-0.05, 0) is 70.1 Å². The molecule has 0 spiro atoms. The van der Waals surface area contributed by atoms with Crippen molar-refractivity contribution in [1.82, 2.24) is 0 Å². The average Bonchev–Trinajstić information content (AvgIpc) is 2.40. The lowest BCUT2D eigenvalue weighted by Crippen LogP contribution is -2.30. The van der Waals surface area contributed by atoms with E-state index in [2.05, 4.69) is 0 Å². The van der Waals surface area contributed by atoms with Gasteiger partial charge >= 0.3 is 5.97 Å². The fourth-order valence-corrected chi connectivity index (χ4v) is 2.84. The van der Waals surface area contributed by atoms with Crippen molar-refractivity contribution in [2.24, 2.45) is 5.92 Å². The molecule has 1 aromatic rings. The van der Waals surface area contributed by atoms with E-state index in [0.29, 0.717) is 5.92 Å². The van der Waals surface area contributed by atoms with Crippen LogP contribution in [0, 0.1) is 11.7 Å². The van der Waals surface area contributed by atoms with Gasteiger partial charge in [-0.3, -0.25) is 4.79 Å². The molecule has 1 saturated carbocycles. The van der Waals surface area contributed by atoms with Crippen molar-refractivity contribution < 1.29 is 13.9 Å². The van der Waals surface area contributed by atoms with Crippen LogP contribution in [0.5, 0.6) is 0 Å². The van der Waals surface area contributed by atoms with Crippen molar-refractivity contribution in [2.45, 2.75) is 58.0 Å². The molecule has 2 N–H and O–H groups in total. The van der Waals surface area contributed by atoms with Gasteiger partial charge in [-0.1, -0.05) is 6.07 Å². The quantitative estimate of drug-likeness (QED) is 0.662. The van der Waals surface area contributed by atoms with Crippen LogP contribution >= 0.6 is 0 Å². The van der Waals surface area contributed by atoms with E-state index >= 15 is 0 Å². The summed E-state index contributed by atoms with van der Waals surface area (Å²) >= 11 is 0. The van der Waals surface area contributed by atoms with Gasteiger partial charge in [0.05, 0.1) is 11.6 Å².